The predicted molar refractivity (Wildman–Crippen MR) is 44.8 cm³/mol. The van der Waals surface area contributed by atoms with Crippen molar-refractivity contribution in [3.63, 3.8) is 0 Å². The van der Waals surface area contributed by atoms with Crippen molar-refractivity contribution in [2.24, 2.45) is 16.6 Å². The van der Waals surface area contributed by atoms with Gasteiger partial charge in [-0.3, -0.25) is 0 Å². The van der Waals surface area contributed by atoms with Gasteiger partial charge in [0.1, 0.15) is 0 Å². The molecule has 1 heteroatoms. The van der Waals surface area contributed by atoms with Gasteiger partial charge < -0.3 is 5.73 Å². The van der Waals surface area contributed by atoms with Gasteiger partial charge in [-0.1, -0.05) is 27.7 Å². The van der Waals surface area contributed by atoms with E-state index in [1.54, 1.807) is 0 Å². The highest BCUT2D eigenvalue weighted by Crippen LogP contribution is 2.54. The van der Waals surface area contributed by atoms with Crippen LogP contribution in [-0.2, 0) is 0 Å². The Kier molecular flexibility index (Phi) is 1.59. The molecule has 1 nitrogen and oxygen atoms in total. The van der Waals surface area contributed by atoms with Crippen molar-refractivity contribution < 1.29 is 0 Å². The number of rotatable bonds is 1. The zero-order valence-corrected chi connectivity index (χ0v) is 7.57. The molecule has 1 fully saturated rings. The van der Waals surface area contributed by atoms with E-state index in [1.807, 2.05) is 0 Å². The fraction of sp³-hybridized carbons (Fsp3) is 1.00. The monoisotopic (exact) mass is 141 g/mol. The summed E-state index contributed by atoms with van der Waals surface area (Å²) in [6.45, 7) is 9.04. The Bertz CT molecular complexity index is 140. The molecule has 0 bridgehead atoms. The Morgan fingerprint density at radius 1 is 1.40 bits per heavy atom. The average Bonchev–Trinajstić information content (AvgIpc) is 1.86. The third-order valence-corrected chi connectivity index (χ3v) is 3.26. The average molecular weight is 141 g/mol. The molecule has 1 saturated carbocycles. The Labute approximate surface area is 64.0 Å². The molecule has 0 aromatic rings. The summed E-state index contributed by atoms with van der Waals surface area (Å²) in [6, 6.07) is 0.407. The molecule has 2 N–H and O–H groups in total. The van der Waals surface area contributed by atoms with Gasteiger partial charge >= 0.3 is 0 Å². The lowest BCUT2D eigenvalue weighted by atomic mass is 9.50. The maximum atomic E-state index is 6.05. The molecule has 1 aliphatic rings. The van der Waals surface area contributed by atoms with Gasteiger partial charge in [-0.15, -0.1) is 0 Å². The van der Waals surface area contributed by atoms with Crippen molar-refractivity contribution in [3.8, 4) is 0 Å². The summed E-state index contributed by atoms with van der Waals surface area (Å²) >= 11 is 0. The zero-order valence-electron chi connectivity index (χ0n) is 7.57. The summed E-state index contributed by atoms with van der Waals surface area (Å²) in [4.78, 5) is 0. The van der Waals surface area contributed by atoms with Crippen molar-refractivity contribution in [2.45, 2.75) is 46.6 Å². The Morgan fingerprint density at radius 2 is 1.90 bits per heavy atom. The van der Waals surface area contributed by atoms with Gasteiger partial charge in [-0.2, -0.15) is 0 Å². The first kappa shape index (κ1) is 8.06. The van der Waals surface area contributed by atoms with Crippen LogP contribution in [-0.4, -0.2) is 6.04 Å². The van der Waals surface area contributed by atoms with Gasteiger partial charge in [0, 0.05) is 6.04 Å². The lowest BCUT2D eigenvalue weighted by Crippen LogP contribution is -2.61. The maximum Gasteiger partial charge on any atom is 0.0145 e. The van der Waals surface area contributed by atoms with Crippen LogP contribution in [0.3, 0.4) is 0 Å². The normalized spacial score (nSPS) is 44.7. The third-order valence-electron chi connectivity index (χ3n) is 3.26. The molecule has 1 unspecified atom stereocenters. The summed E-state index contributed by atoms with van der Waals surface area (Å²) in [7, 11) is 0. The van der Waals surface area contributed by atoms with Crippen molar-refractivity contribution >= 4 is 0 Å². The molecule has 0 aromatic carbocycles. The first-order valence-corrected chi connectivity index (χ1v) is 4.18. The molecule has 0 aliphatic heterocycles. The lowest BCUT2D eigenvalue weighted by Gasteiger charge is -2.57. The van der Waals surface area contributed by atoms with Gasteiger partial charge in [0.15, 0.2) is 0 Å². The van der Waals surface area contributed by atoms with E-state index in [-0.39, 0.29) is 0 Å². The van der Waals surface area contributed by atoms with Crippen LogP contribution in [0.15, 0.2) is 0 Å². The quantitative estimate of drug-likeness (QED) is 0.595. The molecule has 60 valence electrons. The first-order chi connectivity index (χ1) is 4.42. The fourth-order valence-electron chi connectivity index (χ4n) is 2.42. The van der Waals surface area contributed by atoms with Gasteiger partial charge in [0.2, 0.25) is 0 Å². The van der Waals surface area contributed by atoms with E-state index in [1.165, 1.54) is 12.8 Å². The van der Waals surface area contributed by atoms with Gasteiger partial charge in [0.05, 0.1) is 0 Å². The minimum absolute atomic E-state index is 0.394. The molecule has 0 heterocycles. The second kappa shape index (κ2) is 1.97. The van der Waals surface area contributed by atoms with E-state index >= 15 is 0 Å². The van der Waals surface area contributed by atoms with Gasteiger partial charge in [-0.25, -0.2) is 0 Å². The zero-order chi connectivity index (χ0) is 7.99. The van der Waals surface area contributed by atoms with Crippen molar-refractivity contribution in [1.82, 2.24) is 0 Å². The van der Waals surface area contributed by atoms with Crippen LogP contribution in [0.4, 0.5) is 0 Å². The maximum absolute atomic E-state index is 6.05. The summed E-state index contributed by atoms with van der Waals surface area (Å²) in [5, 5.41) is 0. The molecule has 2 atom stereocenters. The summed E-state index contributed by atoms with van der Waals surface area (Å²) in [5.41, 5.74) is 6.87. The molecule has 0 saturated heterocycles. The SMILES string of the molecule is CC[C@@]1(C)CC(C)(C)C1N. The Balaban J connectivity index is 2.61. The summed E-state index contributed by atoms with van der Waals surface area (Å²) < 4.78 is 0. The van der Waals surface area contributed by atoms with Crippen LogP contribution < -0.4 is 5.73 Å². The summed E-state index contributed by atoms with van der Waals surface area (Å²) in [6.07, 6.45) is 2.51. The minimum atomic E-state index is 0.394. The van der Waals surface area contributed by atoms with Gasteiger partial charge in [0.25, 0.3) is 0 Å². The molecule has 0 spiro atoms. The molecule has 1 aliphatic carbocycles. The molecule has 0 aromatic heterocycles. The standard InChI is InChI=1S/C9H19N/c1-5-9(4)6-8(2,3)7(9)10/h7H,5-6,10H2,1-4H3/t7?,9-/m0/s1. The Hall–Kier alpha value is -0.0400. The van der Waals surface area contributed by atoms with E-state index in [0.29, 0.717) is 16.9 Å². The summed E-state index contributed by atoms with van der Waals surface area (Å²) in [5.74, 6) is 0. The second-order valence-electron chi connectivity index (χ2n) is 4.65. The highest BCUT2D eigenvalue weighted by atomic mass is 14.8. The van der Waals surface area contributed by atoms with Crippen LogP contribution in [0, 0.1) is 10.8 Å². The van der Waals surface area contributed by atoms with Gasteiger partial charge in [-0.05, 0) is 23.7 Å². The number of hydrogen-bond acceptors (Lipinski definition) is 1. The molecule has 0 radical (unpaired) electrons. The number of hydrogen-bond donors (Lipinski definition) is 1. The lowest BCUT2D eigenvalue weighted by molar-refractivity contribution is -0.0348. The molecule has 1 rings (SSSR count). The van der Waals surface area contributed by atoms with E-state index in [4.69, 9.17) is 5.73 Å². The van der Waals surface area contributed by atoms with Crippen molar-refractivity contribution in [1.29, 1.82) is 0 Å². The van der Waals surface area contributed by atoms with E-state index in [9.17, 15) is 0 Å². The number of nitrogens with two attached hydrogens (primary N) is 1. The fourth-order valence-corrected chi connectivity index (χ4v) is 2.42. The van der Waals surface area contributed by atoms with Crippen LogP contribution in [0.5, 0.6) is 0 Å². The van der Waals surface area contributed by atoms with Crippen LogP contribution in [0.25, 0.3) is 0 Å². The van der Waals surface area contributed by atoms with E-state index in [0.717, 1.165) is 0 Å². The highest BCUT2D eigenvalue weighted by molar-refractivity contribution is 5.06. The van der Waals surface area contributed by atoms with Crippen LogP contribution in [0.2, 0.25) is 0 Å². The molecular formula is C9H19N. The van der Waals surface area contributed by atoms with E-state index < -0.39 is 0 Å². The smallest absolute Gasteiger partial charge is 0.0145 e. The molecular weight excluding hydrogens is 122 g/mol. The van der Waals surface area contributed by atoms with Crippen molar-refractivity contribution in [3.05, 3.63) is 0 Å². The predicted octanol–water partition coefficient (Wildman–Crippen LogP) is 2.16. The van der Waals surface area contributed by atoms with Crippen LogP contribution >= 0.6 is 0 Å². The Morgan fingerprint density at radius 3 is 2.00 bits per heavy atom. The third kappa shape index (κ3) is 0.878. The van der Waals surface area contributed by atoms with E-state index in [2.05, 4.69) is 27.7 Å². The largest absolute Gasteiger partial charge is 0.327 e. The van der Waals surface area contributed by atoms with Crippen LogP contribution in [0.1, 0.15) is 40.5 Å². The molecule has 0 amide bonds. The van der Waals surface area contributed by atoms with Crippen molar-refractivity contribution in [2.75, 3.05) is 0 Å². The topological polar surface area (TPSA) is 26.0 Å². The molecule has 10 heavy (non-hydrogen) atoms. The minimum Gasteiger partial charge on any atom is -0.327 e. The second-order valence-corrected chi connectivity index (χ2v) is 4.65. The first-order valence-electron chi connectivity index (χ1n) is 4.18. The highest BCUT2D eigenvalue weighted by Gasteiger charge is 2.52.